The molecule has 0 radical (unpaired) electrons. The van der Waals surface area contributed by atoms with E-state index in [1.165, 1.54) is 10.8 Å². The fourth-order valence-electron chi connectivity index (χ4n) is 3.63. The summed E-state index contributed by atoms with van der Waals surface area (Å²) in [5.74, 6) is 0.763. The summed E-state index contributed by atoms with van der Waals surface area (Å²) in [6.45, 7) is 1.31. The van der Waals surface area contributed by atoms with E-state index in [1.54, 1.807) is 17.2 Å². The molecule has 2 aromatic carbocycles. The number of carbonyl (C=O) groups is 1. The Morgan fingerprint density at radius 2 is 2.00 bits per heavy atom. The van der Waals surface area contributed by atoms with Crippen LogP contribution in [0.4, 0.5) is 4.79 Å². The molecule has 1 aromatic heterocycles. The quantitative estimate of drug-likeness (QED) is 0.760. The molecule has 0 spiro atoms. The third-order valence-electron chi connectivity index (χ3n) is 5.06. The normalized spacial score (nSPS) is 20.3. The maximum Gasteiger partial charge on any atom is 0.317 e. The van der Waals surface area contributed by atoms with Crippen molar-refractivity contribution in [3.63, 3.8) is 0 Å². The summed E-state index contributed by atoms with van der Waals surface area (Å²) in [5, 5.41) is 15.8. The van der Waals surface area contributed by atoms with Crippen LogP contribution < -0.4 is 5.32 Å². The number of aliphatic hydroxyl groups excluding tert-OH is 1. The van der Waals surface area contributed by atoms with Crippen molar-refractivity contribution in [1.82, 2.24) is 10.2 Å². The molecule has 0 saturated carbocycles. The second kappa shape index (κ2) is 7.22. The van der Waals surface area contributed by atoms with Gasteiger partial charge < -0.3 is 19.7 Å². The number of rotatable bonds is 3. The number of likely N-dealkylation sites (tertiary alicyclic amines) is 1. The van der Waals surface area contributed by atoms with Gasteiger partial charge in [0, 0.05) is 19.0 Å². The summed E-state index contributed by atoms with van der Waals surface area (Å²) in [6.07, 6.45) is 1.76. The first-order chi connectivity index (χ1) is 12.7. The summed E-state index contributed by atoms with van der Waals surface area (Å²) < 4.78 is 5.22. The van der Waals surface area contributed by atoms with Crippen LogP contribution in [0, 0.1) is 0 Å². The van der Waals surface area contributed by atoms with Crippen LogP contribution in [-0.2, 0) is 6.54 Å². The first-order valence-corrected chi connectivity index (χ1v) is 8.92. The predicted molar refractivity (Wildman–Crippen MR) is 99.8 cm³/mol. The first-order valence-electron chi connectivity index (χ1n) is 8.92. The second-order valence-corrected chi connectivity index (χ2v) is 6.75. The third kappa shape index (κ3) is 3.44. The lowest BCUT2D eigenvalue weighted by Gasteiger charge is -2.36. The molecule has 0 aliphatic carbocycles. The molecule has 1 fully saturated rings. The van der Waals surface area contributed by atoms with Crippen LogP contribution in [0.25, 0.3) is 10.8 Å². The Morgan fingerprint density at radius 3 is 2.77 bits per heavy atom. The first kappa shape index (κ1) is 16.7. The molecule has 4 rings (SSSR count). The zero-order valence-electron chi connectivity index (χ0n) is 14.5. The zero-order valence-corrected chi connectivity index (χ0v) is 14.5. The van der Waals surface area contributed by atoms with Gasteiger partial charge in [0.15, 0.2) is 0 Å². The zero-order chi connectivity index (χ0) is 17.9. The number of nitrogens with one attached hydrogen (secondary N) is 1. The molecule has 5 nitrogen and oxygen atoms in total. The lowest BCUT2D eigenvalue weighted by Crippen LogP contribution is -2.49. The molecular weight excluding hydrogens is 328 g/mol. The van der Waals surface area contributed by atoms with Crippen molar-refractivity contribution >= 4 is 16.8 Å². The number of benzene rings is 2. The van der Waals surface area contributed by atoms with Crippen LogP contribution in [0.1, 0.15) is 23.7 Å². The molecule has 2 amide bonds. The number of hydrogen-bond donors (Lipinski definition) is 2. The van der Waals surface area contributed by atoms with E-state index in [2.05, 4.69) is 35.6 Å². The number of urea groups is 1. The number of carbonyl (C=O) groups excluding carboxylic acids is 1. The van der Waals surface area contributed by atoms with Crippen molar-refractivity contribution in [2.45, 2.75) is 25.0 Å². The molecule has 0 bridgehead atoms. The molecule has 134 valence electrons. The van der Waals surface area contributed by atoms with Crippen molar-refractivity contribution in [2.24, 2.45) is 0 Å². The Labute approximate surface area is 152 Å². The van der Waals surface area contributed by atoms with Crippen LogP contribution in [-0.4, -0.2) is 35.2 Å². The van der Waals surface area contributed by atoms with E-state index in [1.807, 2.05) is 18.2 Å². The number of piperidine rings is 1. The highest BCUT2D eigenvalue weighted by atomic mass is 16.3. The second-order valence-electron chi connectivity index (χ2n) is 6.75. The van der Waals surface area contributed by atoms with Crippen molar-refractivity contribution in [2.75, 3.05) is 13.1 Å². The van der Waals surface area contributed by atoms with Gasteiger partial charge in [-0.3, -0.25) is 0 Å². The van der Waals surface area contributed by atoms with E-state index < -0.39 is 6.10 Å². The standard InChI is InChI=1S/C21H22N2O3/c24-20-14-23(21(25)22-13-18-6-3-11-26-18)10-9-19(20)17-8-7-15-4-1-2-5-16(15)12-17/h1-8,11-12,19-20,24H,9-10,13-14H2,(H,22,25)/t19-,20+/m0/s1. The van der Waals surface area contributed by atoms with Gasteiger partial charge in [0.1, 0.15) is 5.76 Å². The molecular formula is C21H22N2O3. The molecule has 3 aromatic rings. The minimum atomic E-state index is -0.570. The predicted octanol–water partition coefficient (Wildman–Crippen LogP) is 3.49. The Morgan fingerprint density at radius 1 is 1.15 bits per heavy atom. The van der Waals surface area contributed by atoms with Gasteiger partial charge in [-0.1, -0.05) is 42.5 Å². The molecule has 1 aliphatic rings. The fourth-order valence-corrected chi connectivity index (χ4v) is 3.63. The van der Waals surface area contributed by atoms with Gasteiger partial charge in [-0.2, -0.15) is 0 Å². The Bertz CT molecular complexity index is 891. The Hall–Kier alpha value is -2.79. The topological polar surface area (TPSA) is 65.7 Å². The highest BCUT2D eigenvalue weighted by molar-refractivity contribution is 5.83. The SMILES string of the molecule is O=C(NCc1ccco1)N1CC[C@@H](c2ccc3ccccc3c2)[C@H](O)C1. The molecule has 2 N–H and O–H groups in total. The molecule has 0 unspecified atom stereocenters. The number of β-amino-alcohol motifs (C(OH)–C–C–N with tert-alkyl or cyclic N) is 1. The summed E-state index contributed by atoms with van der Waals surface area (Å²) in [5.41, 5.74) is 1.13. The van der Waals surface area contributed by atoms with Gasteiger partial charge in [-0.25, -0.2) is 4.79 Å². The summed E-state index contributed by atoms with van der Waals surface area (Å²) >= 11 is 0. The van der Waals surface area contributed by atoms with Crippen LogP contribution in [0.5, 0.6) is 0 Å². The molecule has 5 heteroatoms. The fraction of sp³-hybridized carbons (Fsp3) is 0.286. The van der Waals surface area contributed by atoms with Crippen molar-refractivity contribution in [1.29, 1.82) is 0 Å². The lowest BCUT2D eigenvalue weighted by molar-refractivity contribution is 0.0653. The Kier molecular flexibility index (Phi) is 4.63. The maximum absolute atomic E-state index is 12.3. The average Bonchev–Trinajstić information content (AvgIpc) is 3.19. The minimum absolute atomic E-state index is 0.0497. The van der Waals surface area contributed by atoms with Crippen LogP contribution in [0.15, 0.2) is 65.3 Å². The number of hydrogen-bond acceptors (Lipinski definition) is 3. The van der Waals surface area contributed by atoms with Crippen LogP contribution >= 0.6 is 0 Å². The summed E-state index contributed by atoms with van der Waals surface area (Å²) in [7, 11) is 0. The molecule has 2 heterocycles. The number of furan rings is 1. The van der Waals surface area contributed by atoms with Crippen LogP contribution in [0.2, 0.25) is 0 Å². The molecule has 1 saturated heterocycles. The smallest absolute Gasteiger partial charge is 0.317 e. The van der Waals surface area contributed by atoms with Gasteiger partial charge in [0.2, 0.25) is 0 Å². The van der Waals surface area contributed by atoms with Crippen molar-refractivity contribution in [3.05, 3.63) is 72.2 Å². The van der Waals surface area contributed by atoms with Crippen molar-refractivity contribution < 1.29 is 14.3 Å². The number of amides is 2. The number of nitrogens with zero attached hydrogens (tertiary/aromatic N) is 1. The van der Waals surface area contributed by atoms with E-state index in [9.17, 15) is 9.90 Å². The molecule has 2 atom stereocenters. The number of fused-ring (bicyclic) bond motifs is 1. The van der Waals surface area contributed by atoms with E-state index in [0.717, 1.165) is 12.0 Å². The average molecular weight is 350 g/mol. The van der Waals surface area contributed by atoms with E-state index in [-0.39, 0.29) is 11.9 Å². The highest BCUT2D eigenvalue weighted by Gasteiger charge is 2.31. The summed E-state index contributed by atoms with van der Waals surface area (Å²) in [4.78, 5) is 14.0. The van der Waals surface area contributed by atoms with Gasteiger partial charge in [-0.05, 0) is 34.9 Å². The number of aliphatic hydroxyl groups is 1. The minimum Gasteiger partial charge on any atom is -0.467 e. The monoisotopic (exact) mass is 350 g/mol. The highest BCUT2D eigenvalue weighted by Crippen LogP contribution is 2.30. The third-order valence-corrected chi connectivity index (χ3v) is 5.06. The molecule has 1 aliphatic heterocycles. The molecule has 26 heavy (non-hydrogen) atoms. The Balaban J connectivity index is 1.40. The van der Waals surface area contributed by atoms with E-state index in [4.69, 9.17) is 4.42 Å². The van der Waals surface area contributed by atoms with Crippen molar-refractivity contribution in [3.8, 4) is 0 Å². The van der Waals surface area contributed by atoms with Gasteiger partial charge in [0.25, 0.3) is 0 Å². The van der Waals surface area contributed by atoms with Gasteiger partial charge in [-0.15, -0.1) is 0 Å². The van der Waals surface area contributed by atoms with Gasteiger partial charge >= 0.3 is 6.03 Å². The maximum atomic E-state index is 12.3. The van der Waals surface area contributed by atoms with Crippen LogP contribution in [0.3, 0.4) is 0 Å². The van der Waals surface area contributed by atoms with Gasteiger partial charge in [0.05, 0.1) is 18.9 Å². The van der Waals surface area contributed by atoms with E-state index >= 15 is 0 Å². The summed E-state index contributed by atoms with van der Waals surface area (Å²) in [6, 6.07) is 18.0. The lowest BCUT2D eigenvalue weighted by atomic mass is 9.86. The largest absolute Gasteiger partial charge is 0.467 e. The van der Waals surface area contributed by atoms with E-state index in [0.29, 0.717) is 25.4 Å².